The molecule has 1 aromatic carbocycles. The van der Waals surface area contributed by atoms with Gasteiger partial charge in [-0.1, -0.05) is 18.9 Å². The number of benzene rings is 1. The van der Waals surface area contributed by atoms with Crippen LogP contribution in [-0.2, 0) is 12.7 Å². The van der Waals surface area contributed by atoms with Crippen LogP contribution < -0.4 is 4.90 Å². The molecule has 1 aliphatic heterocycles. The molecule has 2 heterocycles. The summed E-state index contributed by atoms with van der Waals surface area (Å²) in [5, 5.41) is 18.0. The van der Waals surface area contributed by atoms with Crippen molar-refractivity contribution in [3.8, 4) is 12.1 Å². The van der Waals surface area contributed by atoms with E-state index < -0.39 is 17.3 Å². The van der Waals surface area contributed by atoms with E-state index in [-0.39, 0.29) is 36.0 Å². The van der Waals surface area contributed by atoms with E-state index in [1.54, 1.807) is 23.1 Å². The first-order valence-electron chi connectivity index (χ1n) is 9.89. The zero-order valence-electron chi connectivity index (χ0n) is 16.4. The number of anilines is 1. The molecule has 1 aliphatic carbocycles. The summed E-state index contributed by atoms with van der Waals surface area (Å²) in [6, 6.07) is 9.52. The van der Waals surface area contributed by atoms with Crippen LogP contribution in [0.15, 0.2) is 36.5 Å². The molecule has 2 amide bonds. The van der Waals surface area contributed by atoms with Crippen molar-refractivity contribution in [2.24, 2.45) is 0 Å². The van der Waals surface area contributed by atoms with Gasteiger partial charge in [0.1, 0.15) is 11.8 Å². The smallest absolute Gasteiger partial charge is 0.315 e. The predicted octanol–water partition coefficient (Wildman–Crippen LogP) is 4.60. The number of carbonyl (C=O) groups is 1. The Morgan fingerprint density at radius 1 is 1.06 bits per heavy atom. The fourth-order valence-electron chi connectivity index (χ4n) is 4.46. The molecule has 0 bridgehead atoms. The fraction of sp³-hybridized carbons (Fsp3) is 0.364. The van der Waals surface area contributed by atoms with Gasteiger partial charge in [-0.2, -0.15) is 23.7 Å². The maximum absolute atomic E-state index is 13.5. The maximum atomic E-state index is 13.5. The Morgan fingerprint density at radius 2 is 1.81 bits per heavy atom. The molecule has 6 nitrogen and oxygen atoms in total. The third kappa shape index (κ3) is 3.79. The quantitative estimate of drug-likeness (QED) is 0.720. The van der Waals surface area contributed by atoms with Crippen LogP contribution in [0.1, 0.15) is 48.1 Å². The van der Waals surface area contributed by atoms with Crippen molar-refractivity contribution in [2.45, 2.75) is 50.5 Å². The van der Waals surface area contributed by atoms with Gasteiger partial charge in [0.15, 0.2) is 0 Å². The number of urea groups is 1. The molecule has 9 heteroatoms. The molecule has 4 rings (SSSR count). The molecule has 0 unspecified atom stereocenters. The molecule has 1 saturated carbocycles. The van der Waals surface area contributed by atoms with Crippen molar-refractivity contribution in [3.63, 3.8) is 0 Å². The number of hydrogen-bond acceptors (Lipinski definition) is 4. The predicted molar refractivity (Wildman–Crippen MR) is 105 cm³/mol. The number of halogens is 3. The molecule has 1 aromatic heterocycles. The first-order chi connectivity index (χ1) is 14.8. The van der Waals surface area contributed by atoms with E-state index >= 15 is 0 Å². The third-order valence-corrected chi connectivity index (χ3v) is 5.88. The van der Waals surface area contributed by atoms with E-state index in [0.717, 1.165) is 37.0 Å². The van der Waals surface area contributed by atoms with E-state index in [4.69, 9.17) is 10.5 Å². The molecule has 0 radical (unpaired) electrons. The second-order valence-corrected chi connectivity index (χ2v) is 7.70. The van der Waals surface area contributed by atoms with Gasteiger partial charge in [-0.15, -0.1) is 0 Å². The Balaban J connectivity index is 1.69. The molecule has 2 aromatic rings. The number of aromatic nitrogens is 1. The zero-order chi connectivity index (χ0) is 22.2. The minimum absolute atomic E-state index is 0.123. The number of pyridine rings is 1. The minimum Gasteiger partial charge on any atom is -0.315 e. The molecule has 2 aliphatic rings. The Labute approximate surface area is 177 Å². The number of alkyl halides is 3. The van der Waals surface area contributed by atoms with Crippen molar-refractivity contribution in [2.75, 3.05) is 4.90 Å². The summed E-state index contributed by atoms with van der Waals surface area (Å²) in [4.78, 5) is 20.5. The highest BCUT2D eigenvalue weighted by Crippen LogP contribution is 2.40. The molecule has 31 heavy (non-hydrogen) atoms. The first kappa shape index (κ1) is 20.7. The van der Waals surface area contributed by atoms with Gasteiger partial charge in [0.05, 0.1) is 29.3 Å². The third-order valence-electron chi connectivity index (χ3n) is 5.88. The number of nitriles is 2. The molecule has 0 N–H and O–H groups in total. The summed E-state index contributed by atoms with van der Waals surface area (Å²) in [6.07, 6.45) is 0.129. The normalized spacial score (nSPS) is 20.9. The van der Waals surface area contributed by atoms with E-state index in [1.165, 1.54) is 17.2 Å². The Bertz CT molecular complexity index is 1080. The van der Waals surface area contributed by atoms with Gasteiger partial charge in [-0.3, -0.25) is 4.90 Å². The SMILES string of the molecule is N#Cc1ccc(CN2C(=O)N(c3ccc(C#N)c(C(F)(F)F)c3)[C@H]3CCCC[C@@H]32)cn1. The molecular formula is C22H18F3N5O. The molecule has 158 valence electrons. The van der Waals surface area contributed by atoms with Gasteiger partial charge in [0.2, 0.25) is 0 Å². The lowest BCUT2D eigenvalue weighted by molar-refractivity contribution is -0.137. The van der Waals surface area contributed by atoms with E-state index in [9.17, 15) is 18.0 Å². The second-order valence-electron chi connectivity index (χ2n) is 7.70. The number of fused-ring (bicyclic) bond motifs is 1. The summed E-state index contributed by atoms with van der Waals surface area (Å²) in [7, 11) is 0. The van der Waals surface area contributed by atoms with Gasteiger partial charge in [0.25, 0.3) is 0 Å². The van der Waals surface area contributed by atoms with Crippen LogP contribution in [0.3, 0.4) is 0 Å². The Morgan fingerprint density at radius 3 is 2.42 bits per heavy atom. The van der Waals surface area contributed by atoms with Gasteiger partial charge < -0.3 is 4.90 Å². The van der Waals surface area contributed by atoms with Crippen LogP contribution >= 0.6 is 0 Å². The average Bonchev–Trinajstić information content (AvgIpc) is 3.04. The fourth-order valence-corrected chi connectivity index (χ4v) is 4.46. The second kappa shape index (κ2) is 7.92. The van der Waals surface area contributed by atoms with E-state index in [2.05, 4.69) is 4.98 Å². The van der Waals surface area contributed by atoms with Crippen LogP contribution in [0, 0.1) is 22.7 Å². The Kier molecular flexibility index (Phi) is 5.28. The minimum atomic E-state index is -4.69. The summed E-state index contributed by atoms with van der Waals surface area (Å²) in [5.74, 6) is 0. The highest BCUT2D eigenvalue weighted by Gasteiger charge is 2.47. The molecular weight excluding hydrogens is 407 g/mol. The van der Waals surface area contributed by atoms with Crippen molar-refractivity contribution in [1.29, 1.82) is 10.5 Å². The highest BCUT2D eigenvalue weighted by molar-refractivity contribution is 5.96. The lowest BCUT2D eigenvalue weighted by atomic mass is 9.89. The van der Waals surface area contributed by atoms with Crippen molar-refractivity contribution in [1.82, 2.24) is 9.88 Å². The lowest BCUT2D eigenvalue weighted by Gasteiger charge is -2.32. The van der Waals surface area contributed by atoms with Crippen LogP contribution in [0.5, 0.6) is 0 Å². The van der Waals surface area contributed by atoms with Gasteiger partial charge in [0, 0.05) is 18.4 Å². The standard InChI is InChI=1S/C22H18F3N5O/c23-22(24,25)18-9-17(8-6-15(18)10-26)30-20-4-2-1-3-19(20)29(21(30)31)13-14-5-7-16(11-27)28-12-14/h5-9,12,19-20H,1-4,13H2/t19-,20-/m0/s1. The average molecular weight is 425 g/mol. The number of nitrogens with zero attached hydrogens (tertiary/aromatic N) is 5. The van der Waals surface area contributed by atoms with Crippen LogP contribution in [0.25, 0.3) is 0 Å². The monoisotopic (exact) mass is 425 g/mol. The summed E-state index contributed by atoms with van der Waals surface area (Å²) in [5.41, 5.74) is -0.347. The molecule has 0 spiro atoms. The lowest BCUT2D eigenvalue weighted by Crippen LogP contribution is -2.39. The zero-order valence-corrected chi connectivity index (χ0v) is 16.4. The number of hydrogen-bond donors (Lipinski definition) is 0. The number of rotatable bonds is 3. The van der Waals surface area contributed by atoms with E-state index in [1.807, 2.05) is 6.07 Å². The van der Waals surface area contributed by atoms with Crippen LogP contribution in [-0.4, -0.2) is 28.0 Å². The van der Waals surface area contributed by atoms with Gasteiger partial charge in [-0.25, -0.2) is 9.78 Å². The number of carbonyl (C=O) groups excluding carboxylic acids is 1. The summed E-state index contributed by atoms with van der Waals surface area (Å²) < 4.78 is 40.4. The first-order valence-corrected chi connectivity index (χ1v) is 9.89. The molecule has 1 saturated heterocycles. The van der Waals surface area contributed by atoms with Crippen molar-refractivity contribution in [3.05, 3.63) is 58.9 Å². The summed E-state index contributed by atoms with van der Waals surface area (Å²) in [6.45, 7) is 0.262. The van der Waals surface area contributed by atoms with E-state index in [0.29, 0.717) is 6.42 Å². The van der Waals surface area contributed by atoms with Crippen molar-refractivity contribution >= 4 is 11.7 Å². The largest absolute Gasteiger partial charge is 0.417 e. The molecule has 2 atom stereocenters. The van der Waals surface area contributed by atoms with Crippen LogP contribution in [0.2, 0.25) is 0 Å². The summed E-state index contributed by atoms with van der Waals surface area (Å²) >= 11 is 0. The maximum Gasteiger partial charge on any atom is 0.417 e. The van der Waals surface area contributed by atoms with Crippen LogP contribution in [0.4, 0.5) is 23.7 Å². The van der Waals surface area contributed by atoms with Gasteiger partial charge in [-0.05, 0) is 42.7 Å². The van der Waals surface area contributed by atoms with Gasteiger partial charge >= 0.3 is 12.2 Å². The Hall–Kier alpha value is -3.59. The highest BCUT2D eigenvalue weighted by atomic mass is 19.4. The topological polar surface area (TPSA) is 84.0 Å². The molecule has 2 fully saturated rings. The van der Waals surface area contributed by atoms with Crippen molar-refractivity contribution < 1.29 is 18.0 Å². The number of amides is 2.